The third-order valence-corrected chi connectivity index (χ3v) is 6.22. The van der Waals surface area contributed by atoms with Crippen molar-refractivity contribution in [3.05, 3.63) is 75.1 Å². The van der Waals surface area contributed by atoms with E-state index in [9.17, 15) is 9.59 Å². The molecule has 150 valence electrons. The van der Waals surface area contributed by atoms with Crippen molar-refractivity contribution in [3.8, 4) is 11.3 Å². The average molecular weight is 417 g/mol. The molecule has 0 fully saturated rings. The van der Waals surface area contributed by atoms with Crippen LogP contribution in [0.25, 0.3) is 22.2 Å². The Morgan fingerprint density at radius 3 is 2.80 bits per heavy atom. The highest BCUT2D eigenvalue weighted by Crippen LogP contribution is 2.26. The molecule has 0 saturated heterocycles. The Bertz CT molecular complexity index is 1320. The quantitative estimate of drug-likeness (QED) is 0.539. The summed E-state index contributed by atoms with van der Waals surface area (Å²) in [5.74, 6) is 0.533. The number of carbonyl (C=O) groups excluding carboxylic acids is 1. The fourth-order valence-corrected chi connectivity index (χ4v) is 4.48. The Labute approximate surface area is 177 Å². The highest BCUT2D eigenvalue weighted by atomic mass is 32.1. The number of thiazole rings is 1. The Morgan fingerprint density at radius 2 is 2.00 bits per heavy atom. The zero-order valence-corrected chi connectivity index (χ0v) is 17.3. The third kappa shape index (κ3) is 3.31. The Hall–Kier alpha value is -3.32. The molecular weight excluding hydrogens is 396 g/mol. The summed E-state index contributed by atoms with van der Waals surface area (Å²) >= 11 is 1.39. The standard InChI is InChI=1S/C23H20N4O2S/c1-2-14-5-7-15(8-6-14)19-13-30-23(25-19)26-21(28)16-9-10-17-18(12-16)24-20-4-3-11-27(20)22(17)29/h5-10,12-13H,2-4,11H2,1H3,(H,25,26,28). The molecule has 2 aromatic carbocycles. The van der Waals surface area contributed by atoms with E-state index in [1.807, 2.05) is 17.5 Å². The van der Waals surface area contributed by atoms with Gasteiger partial charge in [-0.05, 0) is 36.6 Å². The van der Waals surface area contributed by atoms with Gasteiger partial charge in [0, 0.05) is 29.5 Å². The summed E-state index contributed by atoms with van der Waals surface area (Å²) < 4.78 is 1.73. The number of carbonyl (C=O) groups is 1. The van der Waals surface area contributed by atoms with E-state index in [0.717, 1.165) is 36.3 Å². The van der Waals surface area contributed by atoms with Crippen LogP contribution < -0.4 is 10.9 Å². The van der Waals surface area contributed by atoms with Gasteiger partial charge in [-0.25, -0.2) is 9.97 Å². The first kappa shape index (κ1) is 18.7. The Morgan fingerprint density at radius 1 is 1.17 bits per heavy atom. The van der Waals surface area contributed by atoms with Gasteiger partial charge in [-0.15, -0.1) is 11.3 Å². The topological polar surface area (TPSA) is 76.9 Å². The minimum Gasteiger partial charge on any atom is -0.298 e. The molecule has 0 aliphatic carbocycles. The van der Waals surface area contributed by atoms with E-state index in [2.05, 4.69) is 34.3 Å². The molecule has 0 atom stereocenters. The molecule has 5 rings (SSSR count). The van der Waals surface area contributed by atoms with Crippen LogP contribution in [0.15, 0.2) is 52.6 Å². The first-order valence-electron chi connectivity index (χ1n) is 10.0. The second-order valence-corrected chi connectivity index (χ2v) is 8.22. The Balaban J connectivity index is 1.39. The maximum atomic E-state index is 12.8. The van der Waals surface area contributed by atoms with Crippen LogP contribution in [0.2, 0.25) is 0 Å². The number of benzene rings is 2. The van der Waals surface area contributed by atoms with Gasteiger partial charge in [0.25, 0.3) is 11.5 Å². The number of nitrogens with zero attached hydrogens (tertiary/aromatic N) is 3. The molecule has 6 nitrogen and oxygen atoms in total. The lowest BCUT2D eigenvalue weighted by atomic mass is 10.1. The molecule has 1 aliphatic rings. The minimum atomic E-state index is -0.262. The van der Waals surface area contributed by atoms with Crippen molar-refractivity contribution in [1.82, 2.24) is 14.5 Å². The highest BCUT2D eigenvalue weighted by molar-refractivity contribution is 7.14. The predicted molar refractivity (Wildman–Crippen MR) is 119 cm³/mol. The second kappa shape index (κ2) is 7.50. The van der Waals surface area contributed by atoms with Crippen LogP contribution in [-0.2, 0) is 19.4 Å². The van der Waals surface area contributed by atoms with Gasteiger partial charge in [-0.3, -0.25) is 19.5 Å². The van der Waals surface area contributed by atoms with Gasteiger partial charge in [0.2, 0.25) is 0 Å². The largest absolute Gasteiger partial charge is 0.298 e. The van der Waals surface area contributed by atoms with Crippen molar-refractivity contribution in [2.45, 2.75) is 32.7 Å². The first-order chi connectivity index (χ1) is 14.6. The molecule has 0 saturated carbocycles. The Kier molecular flexibility index (Phi) is 4.67. The molecule has 0 unspecified atom stereocenters. The lowest BCUT2D eigenvalue weighted by Gasteiger charge is -2.07. The molecule has 4 aromatic rings. The van der Waals surface area contributed by atoms with E-state index < -0.39 is 0 Å². The monoisotopic (exact) mass is 416 g/mol. The summed E-state index contributed by atoms with van der Waals surface area (Å²) in [6.07, 6.45) is 2.72. The van der Waals surface area contributed by atoms with E-state index in [1.165, 1.54) is 16.9 Å². The summed E-state index contributed by atoms with van der Waals surface area (Å²) in [5.41, 5.74) is 4.13. The number of hydrogen-bond acceptors (Lipinski definition) is 5. The molecule has 1 aliphatic heterocycles. The number of rotatable bonds is 4. The number of hydrogen-bond donors (Lipinski definition) is 1. The normalized spacial score (nSPS) is 12.8. The fraction of sp³-hybridized carbons (Fsp3) is 0.217. The van der Waals surface area contributed by atoms with Crippen molar-refractivity contribution in [2.24, 2.45) is 0 Å². The molecule has 1 N–H and O–H groups in total. The summed E-state index contributed by atoms with van der Waals surface area (Å²) in [4.78, 5) is 34.5. The van der Waals surface area contributed by atoms with Crippen molar-refractivity contribution in [2.75, 3.05) is 5.32 Å². The first-order valence-corrected chi connectivity index (χ1v) is 10.9. The number of nitrogens with one attached hydrogen (secondary N) is 1. The van der Waals surface area contributed by atoms with E-state index in [4.69, 9.17) is 0 Å². The summed E-state index contributed by atoms with van der Waals surface area (Å²) in [6, 6.07) is 13.3. The lowest BCUT2D eigenvalue weighted by Crippen LogP contribution is -2.21. The third-order valence-electron chi connectivity index (χ3n) is 5.46. The van der Waals surface area contributed by atoms with Crippen LogP contribution in [0.3, 0.4) is 0 Å². The van der Waals surface area contributed by atoms with Crippen LogP contribution in [0.5, 0.6) is 0 Å². The second-order valence-electron chi connectivity index (χ2n) is 7.36. The summed E-state index contributed by atoms with van der Waals surface area (Å²) in [7, 11) is 0. The van der Waals surface area contributed by atoms with E-state index >= 15 is 0 Å². The number of fused-ring (bicyclic) bond motifs is 2. The maximum absolute atomic E-state index is 12.8. The number of amides is 1. The molecule has 3 heterocycles. The average Bonchev–Trinajstić information content (AvgIpc) is 3.43. The van der Waals surface area contributed by atoms with Gasteiger partial charge in [-0.1, -0.05) is 31.2 Å². The van der Waals surface area contributed by atoms with Gasteiger partial charge in [-0.2, -0.15) is 0 Å². The SMILES string of the molecule is CCc1ccc(-c2csc(NC(=O)c3ccc4c(=O)n5c(nc4c3)CCC5)n2)cc1. The van der Waals surface area contributed by atoms with Crippen LogP contribution in [0.1, 0.15) is 35.1 Å². The zero-order chi connectivity index (χ0) is 20.7. The molecule has 0 radical (unpaired) electrons. The molecular formula is C23H20N4O2S. The predicted octanol–water partition coefficient (Wildman–Crippen LogP) is 4.28. The van der Waals surface area contributed by atoms with Gasteiger partial charge in [0.15, 0.2) is 5.13 Å². The molecule has 30 heavy (non-hydrogen) atoms. The smallest absolute Gasteiger partial charge is 0.261 e. The van der Waals surface area contributed by atoms with Crippen molar-refractivity contribution >= 4 is 33.3 Å². The number of anilines is 1. The molecule has 0 spiro atoms. The number of aromatic nitrogens is 3. The van der Waals surface area contributed by atoms with Crippen LogP contribution in [0.4, 0.5) is 5.13 Å². The van der Waals surface area contributed by atoms with Gasteiger partial charge < -0.3 is 0 Å². The molecule has 2 aromatic heterocycles. The lowest BCUT2D eigenvalue weighted by molar-refractivity contribution is 0.102. The van der Waals surface area contributed by atoms with Crippen LogP contribution in [-0.4, -0.2) is 20.4 Å². The molecule has 0 bridgehead atoms. The zero-order valence-electron chi connectivity index (χ0n) is 16.5. The van der Waals surface area contributed by atoms with Gasteiger partial charge in [0.1, 0.15) is 5.82 Å². The fourth-order valence-electron chi connectivity index (χ4n) is 3.77. The number of aryl methyl sites for hydroxylation is 2. The van der Waals surface area contributed by atoms with Crippen molar-refractivity contribution in [1.29, 1.82) is 0 Å². The summed E-state index contributed by atoms with van der Waals surface area (Å²) in [5, 5.41) is 5.88. The van der Waals surface area contributed by atoms with Crippen LogP contribution >= 0.6 is 11.3 Å². The maximum Gasteiger partial charge on any atom is 0.261 e. The van der Waals surface area contributed by atoms with Crippen LogP contribution in [0, 0.1) is 0 Å². The van der Waals surface area contributed by atoms with E-state index in [-0.39, 0.29) is 11.5 Å². The van der Waals surface area contributed by atoms with Crippen molar-refractivity contribution < 1.29 is 4.79 Å². The molecule has 1 amide bonds. The highest BCUT2D eigenvalue weighted by Gasteiger charge is 2.17. The minimum absolute atomic E-state index is 0.0295. The summed E-state index contributed by atoms with van der Waals surface area (Å²) in [6.45, 7) is 2.84. The molecule has 7 heteroatoms. The van der Waals surface area contributed by atoms with Gasteiger partial charge in [0.05, 0.1) is 16.6 Å². The van der Waals surface area contributed by atoms with E-state index in [1.54, 1.807) is 22.8 Å². The van der Waals surface area contributed by atoms with E-state index in [0.29, 0.717) is 28.1 Å². The van der Waals surface area contributed by atoms with Crippen molar-refractivity contribution in [3.63, 3.8) is 0 Å². The van der Waals surface area contributed by atoms with Gasteiger partial charge >= 0.3 is 0 Å².